The second-order valence-electron chi connectivity index (χ2n) is 9.43. The number of nitrogens with two attached hydrogens (primary N) is 2. The van der Waals surface area contributed by atoms with Crippen LogP contribution in [0.5, 0.6) is 5.75 Å². The second kappa shape index (κ2) is 9.59. The Bertz CT molecular complexity index is 1240. The third-order valence-corrected chi connectivity index (χ3v) is 7.69. The molecular weight excluding hydrogens is 482 g/mol. The molecule has 3 aliphatic rings. The lowest BCUT2D eigenvalue weighted by Crippen LogP contribution is -2.42. The molecule has 1 fully saturated rings. The maximum Gasteiger partial charge on any atom is 0.243 e. The number of allylic oxidation sites excluding steroid dienone is 1. The van der Waals surface area contributed by atoms with Crippen LogP contribution in [0.1, 0.15) is 25.3 Å². The molecule has 5 atom stereocenters. The summed E-state index contributed by atoms with van der Waals surface area (Å²) in [5, 5.41) is 6.91. The molecule has 2 amide bonds. The average molecular weight is 512 g/mol. The van der Waals surface area contributed by atoms with E-state index in [2.05, 4.69) is 32.8 Å². The van der Waals surface area contributed by atoms with E-state index in [0.717, 1.165) is 17.7 Å². The molecule has 2 bridgehead atoms. The Balaban J connectivity index is 1.44. The number of benzene rings is 1. The van der Waals surface area contributed by atoms with Crippen LogP contribution < -0.4 is 31.7 Å². The molecule has 5 rings (SSSR count). The number of ether oxygens (including phenoxy) is 1. The molecule has 1 aromatic heterocycles. The van der Waals surface area contributed by atoms with Crippen molar-refractivity contribution in [3.05, 3.63) is 41.1 Å². The quantitative estimate of drug-likeness (QED) is 0.414. The van der Waals surface area contributed by atoms with Gasteiger partial charge in [0.25, 0.3) is 0 Å². The number of carbonyl (C=O) groups excluding carboxylic acids is 2. The van der Waals surface area contributed by atoms with Gasteiger partial charge in [-0.05, 0) is 50.2 Å². The van der Waals surface area contributed by atoms with Gasteiger partial charge in [-0.1, -0.05) is 23.8 Å². The van der Waals surface area contributed by atoms with Gasteiger partial charge < -0.3 is 31.7 Å². The molecule has 0 saturated heterocycles. The predicted octanol–water partition coefficient (Wildman–Crippen LogP) is 2.60. The van der Waals surface area contributed by atoms with Gasteiger partial charge in [0.2, 0.25) is 17.8 Å². The highest BCUT2D eigenvalue weighted by atomic mass is 35.5. The van der Waals surface area contributed by atoms with Crippen molar-refractivity contribution in [1.29, 1.82) is 0 Å². The van der Waals surface area contributed by atoms with E-state index in [9.17, 15) is 9.59 Å². The summed E-state index contributed by atoms with van der Waals surface area (Å²) >= 11 is 6.41. The summed E-state index contributed by atoms with van der Waals surface area (Å²) in [6.45, 7) is 2.43. The number of aromatic nitrogens is 2. The van der Waals surface area contributed by atoms with Crippen LogP contribution in [-0.4, -0.2) is 47.5 Å². The molecule has 10 nitrogen and oxygen atoms in total. The molecular formula is C25H30ClN7O3. The zero-order valence-electron chi connectivity index (χ0n) is 20.2. The number of nitrogens with one attached hydrogen (secondary N) is 2. The van der Waals surface area contributed by atoms with Crippen LogP contribution in [0, 0.1) is 17.8 Å². The first-order chi connectivity index (χ1) is 17.3. The van der Waals surface area contributed by atoms with Crippen molar-refractivity contribution in [1.82, 2.24) is 9.97 Å². The van der Waals surface area contributed by atoms with Crippen molar-refractivity contribution in [3.8, 4) is 5.75 Å². The smallest absolute Gasteiger partial charge is 0.243 e. The lowest BCUT2D eigenvalue weighted by Gasteiger charge is -2.27. The number of hydrogen-bond donors (Lipinski definition) is 4. The molecule has 11 heteroatoms. The van der Waals surface area contributed by atoms with Crippen LogP contribution in [0.2, 0.25) is 5.02 Å². The van der Waals surface area contributed by atoms with E-state index in [-0.39, 0.29) is 35.6 Å². The van der Waals surface area contributed by atoms with Gasteiger partial charge >= 0.3 is 0 Å². The van der Waals surface area contributed by atoms with Crippen LogP contribution in [-0.2, 0) is 16.0 Å². The lowest BCUT2D eigenvalue weighted by atomic mass is 9.88. The monoisotopic (exact) mass is 511 g/mol. The first kappa shape index (κ1) is 24.3. The Morgan fingerprint density at radius 3 is 2.81 bits per heavy atom. The Kier molecular flexibility index (Phi) is 6.48. The highest BCUT2D eigenvalue weighted by molar-refractivity contribution is 6.32. The zero-order valence-corrected chi connectivity index (χ0v) is 21.0. The van der Waals surface area contributed by atoms with Crippen molar-refractivity contribution in [2.24, 2.45) is 29.2 Å². The first-order valence-corrected chi connectivity index (χ1v) is 12.5. The molecule has 1 aliphatic heterocycles. The van der Waals surface area contributed by atoms with E-state index in [1.54, 1.807) is 12.0 Å². The highest BCUT2D eigenvalue weighted by Crippen LogP contribution is 2.45. The van der Waals surface area contributed by atoms with E-state index in [1.807, 2.05) is 19.1 Å². The number of hydrogen-bond acceptors (Lipinski definition) is 8. The minimum Gasteiger partial charge on any atom is -0.494 e. The average Bonchev–Trinajstić information content (AvgIpc) is 3.44. The van der Waals surface area contributed by atoms with Crippen LogP contribution >= 0.6 is 11.6 Å². The van der Waals surface area contributed by atoms with E-state index in [1.165, 1.54) is 6.20 Å². The number of rotatable bonds is 7. The molecule has 1 saturated carbocycles. The molecule has 6 N–H and O–H groups in total. The fraction of sp³-hybridized carbons (Fsp3) is 0.440. The third-order valence-electron chi connectivity index (χ3n) is 7.42. The minimum atomic E-state index is -0.559. The Morgan fingerprint density at radius 2 is 2.08 bits per heavy atom. The number of halogens is 1. The Hall–Kier alpha value is -3.37. The van der Waals surface area contributed by atoms with Gasteiger partial charge in [-0.3, -0.25) is 9.59 Å². The van der Waals surface area contributed by atoms with Gasteiger partial charge in [0.1, 0.15) is 10.8 Å². The molecule has 0 unspecified atom stereocenters. The van der Waals surface area contributed by atoms with Gasteiger partial charge in [0.05, 0.1) is 36.6 Å². The number of nitrogens with zero attached hydrogens (tertiary/aromatic N) is 3. The van der Waals surface area contributed by atoms with Crippen molar-refractivity contribution in [2.45, 2.75) is 38.3 Å². The maximum absolute atomic E-state index is 12.7. The highest BCUT2D eigenvalue weighted by Gasteiger charge is 2.47. The molecule has 0 radical (unpaired) electrons. The topological polar surface area (TPSA) is 148 Å². The number of anilines is 4. The summed E-state index contributed by atoms with van der Waals surface area (Å²) in [6.07, 6.45) is 7.69. The van der Waals surface area contributed by atoms with E-state index in [0.29, 0.717) is 47.6 Å². The number of likely N-dealkylation sites (N-methyl/N-ethyl adjacent to an activating group) is 1. The first-order valence-electron chi connectivity index (χ1n) is 12.1. The van der Waals surface area contributed by atoms with Gasteiger partial charge in [0.15, 0.2) is 5.82 Å². The zero-order chi connectivity index (χ0) is 25.6. The molecule has 2 aliphatic carbocycles. The van der Waals surface area contributed by atoms with E-state index in [4.69, 9.17) is 27.8 Å². The van der Waals surface area contributed by atoms with Gasteiger partial charge in [-0.2, -0.15) is 4.98 Å². The number of carbonyl (C=O) groups is 2. The largest absolute Gasteiger partial charge is 0.494 e. The summed E-state index contributed by atoms with van der Waals surface area (Å²) < 4.78 is 5.77. The standard InChI is InChI=1S/C25H30ClN7O3/c1-3-33-18-9-8-17(21(36-2)14(18)6-7-16(27)24(33)35)30-25-29-11-15(26)23(32-25)31-20-13-5-4-12(10-13)19(20)22(28)34/h4-5,8-9,11-13,16,19-20H,3,6-7,10,27H2,1-2H3,(H2,28,34)(H2,29,30,31,32)/t12-,13+,16-,19+,20-/m1/s1. The fourth-order valence-corrected chi connectivity index (χ4v) is 5.87. The summed E-state index contributed by atoms with van der Waals surface area (Å²) in [7, 11) is 1.59. The number of amides is 2. The van der Waals surface area contributed by atoms with Crippen molar-refractivity contribution < 1.29 is 14.3 Å². The van der Waals surface area contributed by atoms with Crippen molar-refractivity contribution >= 4 is 46.6 Å². The van der Waals surface area contributed by atoms with Gasteiger partial charge in [0, 0.05) is 18.2 Å². The summed E-state index contributed by atoms with van der Waals surface area (Å²) in [5.74, 6) is 0.917. The van der Waals surface area contributed by atoms with Crippen LogP contribution in [0.25, 0.3) is 0 Å². The normalized spacial score (nSPS) is 26.5. The minimum absolute atomic E-state index is 0.0968. The number of primary amides is 1. The fourth-order valence-electron chi connectivity index (χ4n) is 5.73. The van der Waals surface area contributed by atoms with E-state index < -0.39 is 6.04 Å². The van der Waals surface area contributed by atoms with Crippen LogP contribution in [0.3, 0.4) is 0 Å². The molecule has 190 valence electrons. The van der Waals surface area contributed by atoms with Gasteiger partial charge in [-0.15, -0.1) is 0 Å². The van der Waals surface area contributed by atoms with Crippen molar-refractivity contribution in [3.63, 3.8) is 0 Å². The second-order valence-corrected chi connectivity index (χ2v) is 9.84. The summed E-state index contributed by atoms with van der Waals surface area (Å²) in [4.78, 5) is 35.4. The Morgan fingerprint density at radius 1 is 1.31 bits per heavy atom. The molecule has 36 heavy (non-hydrogen) atoms. The maximum atomic E-state index is 12.7. The Labute approximate surface area is 214 Å². The number of fused-ring (bicyclic) bond motifs is 3. The SMILES string of the molecule is CCN1C(=O)[C@H](N)CCc2c1ccc(Nc1ncc(Cl)c(N[C@H]3[C@@H](C(N)=O)[C@@H]4C=C[C@H]3C4)n1)c2OC. The molecule has 1 aromatic carbocycles. The van der Waals surface area contributed by atoms with Crippen LogP contribution in [0.15, 0.2) is 30.5 Å². The lowest BCUT2D eigenvalue weighted by molar-refractivity contribution is -0.122. The molecule has 2 heterocycles. The third kappa shape index (κ3) is 4.14. The number of methoxy groups -OCH3 is 1. The molecule has 0 spiro atoms. The molecule has 2 aromatic rings. The van der Waals surface area contributed by atoms with Crippen molar-refractivity contribution in [2.75, 3.05) is 29.2 Å². The van der Waals surface area contributed by atoms with Gasteiger partial charge in [-0.25, -0.2) is 4.98 Å². The summed E-state index contributed by atoms with van der Waals surface area (Å²) in [5.41, 5.74) is 14.1. The van der Waals surface area contributed by atoms with E-state index >= 15 is 0 Å². The van der Waals surface area contributed by atoms with Crippen LogP contribution in [0.4, 0.5) is 23.1 Å². The summed E-state index contributed by atoms with van der Waals surface area (Å²) in [6, 6.07) is 2.98. The predicted molar refractivity (Wildman–Crippen MR) is 138 cm³/mol.